The normalized spacial score (nSPS) is 12.3. The summed E-state index contributed by atoms with van der Waals surface area (Å²) in [5, 5.41) is 10.1. The van der Waals surface area contributed by atoms with Crippen LogP contribution in [0.4, 0.5) is 0 Å². The van der Waals surface area contributed by atoms with Gasteiger partial charge in [-0.3, -0.25) is 4.79 Å². The van der Waals surface area contributed by atoms with Gasteiger partial charge in [0.1, 0.15) is 10.9 Å². The van der Waals surface area contributed by atoms with Gasteiger partial charge in [0.15, 0.2) is 0 Å². The second-order valence-corrected chi connectivity index (χ2v) is 5.51. The van der Waals surface area contributed by atoms with Gasteiger partial charge in [-0.25, -0.2) is 4.98 Å². The molecule has 0 aliphatic rings. The summed E-state index contributed by atoms with van der Waals surface area (Å²) in [7, 11) is 0. The van der Waals surface area contributed by atoms with E-state index >= 15 is 0 Å². The summed E-state index contributed by atoms with van der Waals surface area (Å²) in [5.41, 5.74) is 1.95. The highest BCUT2D eigenvalue weighted by Gasteiger charge is 2.24. The van der Waals surface area contributed by atoms with E-state index in [0.29, 0.717) is 11.4 Å². The highest BCUT2D eigenvalue weighted by atomic mass is 32.1. The lowest BCUT2D eigenvalue weighted by Gasteiger charge is -2.09. The van der Waals surface area contributed by atoms with Crippen LogP contribution in [0.5, 0.6) is 0 Å². The lowest BCUT2D eigenvalue weighted by Crippen LogP contribution is -2.14. The predicted molar refractivity (Wildman–Crippen MR) is 72.1 cm³/mol. The van der Waals surface area contributed by atoms with Crippen molar-refractivity contribution in [1.82, 2.24) is 4.98 Å². The van der Waals surface area contributed by atoms with E-state index in [1.54, 1.807) is 0 Å². The van der Waals surface area contributed by atoms with Crippen LogP contribution in [0.1, 0.15) is 27.1 Å². The van der Waals surface area contributed by atoms with Crippen molar-refractivity contribution in [2.75, 3.05) is 0 Å². The minimum Gasteiger partial charge on any atom is -0.481 e. The van der Waals surface area contributed by atoms with Crippen molar-refractivity contribution in [1.29, 1.82) is 0 Å². The average Bonchev–Trinajstić information content (AvgIpc) is 2.67. The Morgan fingerprint density at radius 2 is 2.00 bits per heavy atom. The molecule has 1 unspecified atom stereocenters. The Hall–Kier alpha value is -1.68. The zero-order chi connectivity index (χ0) is 13.1. The van der Waals surface area contributed by atoms with Gasteiger partial charge in [0.2, 0.25) is 0 Å². The number of thiazole rings is 1. The molecule has 0 bridgehead atoms. The highest BCUT2D eigenvalue weighted by molar-refractivity contribution is 7.11. The number of benzene rings is 1. The number of aliphatic carboxylic acids is 1. The summed E-state index contributed by atoms with van der Waals surface area (Å²) in [6.45, 7) is 3.88. The summed E-state index contributed by atoms with van der Waals surface area (Å²) < 4.78 is 0. The topological polar surface area (TPSA) is 50.2 Å². The molecule has 0 saturated carbocycles. The van der Waals surface area contributed by atoms with Crippen molar-refractivity contribution in [2.45, 2.75) is 26.2 Å². The molecule has 18 heavy (non-hydrogen) atoms. The predicted octanol–water partition coefficient (Wildman–Crippen LogP) is 3.17. The average molecular weight is 261 g/mol. The number of carbonyl (C=O) groups is 1. The smallest absolute Gasteiger partial charge is 0.313 e. The van der Waals surface area contributed by atoms with Crippen LogP contribution in [-0.4, -0.2) is 16.1 Å². The minimum absolute atomic E-state index is 0.489. The molecule has 3 nitrogen and oxygen atoms in total. The first-order chi connectivity index (χ1) is 8.58. The molecular weight excluding hydrogens is 246 g/mol. The third-order valence-corrected chi connectivity index (χ3v) is 4.11. The number of aryl methyl sites for hydroxylation is 2. The molecule has 0 amide bonds. The third-order valence-electron chi connectivity index (χ3n) is 2.92. The summed E-state index contributed by atoms with van der Waals surface area (Å²) in [6, 6.07) is 9.67. The molecule has 1 atom stereocenters. The fourth-order valence-electron chi connectivity index (χ4n) is 1.78. The Bertz CT molecular complexity index is 529. The van der Waals surface area contributed by atoms with Gasteiger partial charge in [-0.15, -0.1) is 11.3 Å². The van der Waals surface area contributed by atoms with E-state index in [0.717, 1.165) is 16.1 Å². The fraction of sp³-hybridized carbons (Fsp3) is 0.286. The van der Waals surface area contributed by atoms with Crippen molar-refractivity contribution in [3.8, 4) is 0 Å². The van der Waals surface area contributed by atoms with Gasteiger partial charge < -0.3 is 5.11 Å². The van der Waals surface area contributed by atoms with Crippen molar-refractivity contribution in [2.24, 2.45) is 0 Å². The van der Waals surface area contributed by atoms with Crippen molar-refractivity contribution in [3.63, 3.8) is 0 Å². The quantitative estimate of drug-likeness (QED) is 0.919. The van der Waals surface area contributed by atoms with Crippen molar-refractivity contribution < 1.29 is 9.90 Å². The summed E-state index contributed by atoms with van der Waals surface area (Å²) >= 11 is 1.48. The van der Waals surface area contributed by atoms with Crippen LogP contribution in [0.2, 0.25) is 0 Å². The molecule has 0 spiro atoms. The Labute approximate surface area is 110 Å². The maximum atomic E-state index is 11.4. The summed E-state index contributed by atoms with van der Waals surface area (Å²) in [5.74, 6) is -1.36. The van der Waals surface area contributed by atoms with Gasteiger partial charge in [-0.2, -0.15) is 0 Å². The molecule has 1 aromatic carbocycles. The minimum atomic E-state index is -0.812. The van der Waals surface area contributed by atoms with Gasteiger partial charge in [-0.05, 0) is 25.8 Å². The van der Waals surface area contributed by atoms with E-state index in [1.165, 1.54) is 11.3 Å². The monoisotopic (exact) mass is 261 g/mol. The number of rotatable bonds is 4. The standard InChI is InChI=1S/C14H15NO2S/c1-9-10(2)18-13(15-9)12(14(16)17)8-11-6-4-3-5-7-11/h3-7,12H,8H2,1-2H3,(H,16,17). The van der Waals surface area contributed by atoms with Crippen LogP contribution in [0.25, 0.3) is 0 Å². The van der Waals surface area contributed by atoms with E-state index in [9.17, 15) is 9.90 Å². The zero-order valence-electron chi connectivity index (χ0n) is 10.4. The second kappa shape index (κ2) is 5.31. The maximum Gasteiger partial charge on any atom is 0.313 e. The molecule has 0 aliphatic heterocycles. The van der Waals surface area contributed by atoms with Crippen molar-refractivity contribution >= 4 is 17.3 Å². The van der Waals surface area contributed by atoms with E-state index in [2.05, 4.69) is 4.98 Å². The SMILES string of the molecule is Cc1nc(C(Cc2ccccc2)C(=O)O)sc1C. The molecule has 0 radical (unpaired) electrons. The van der Waals surface area contributed by atoms with Crippen LogP contribution in [0.15, 0.2) is 30.3 Å². The van der Waals surface area contributed by atoms with Gasteiger partial charge in [-0.1, -0.05) is 30.3 Å². The molecule has 94 valence electrons. The fourth-order valence-corrected chi connectivity index (χ4v) is 2.79. The lowest BCUT2D eigenvalue weighted by atomic mass is 10.0. The highest BCUT2D eigenvalue weighted by Crippen LogP contribution is 2.27. The molecule has 0 fully saturated rings. The first-order valence-electron chi connectivity index (χ1n) is 5.78. The van der Waals surface area contributed by atoms with Gasteiger partial charge >= 0.3 is 5.97 Å². The maximum absolute atomic E-state index is 11.4. The number of hydrogen-bond acceptors (Lipinski definition) is 3. The van der Waals surface area contributed by atoms with E-state index in [-0.39, 0.29) is 0 Å². The number of hydrogen-bond donors (Lipinski definition) is 1. The third kappa shape index (κ3) is 2.76. The van der Waals surface area contributed by atoms with Crippen LogP contribution in [0.3, 0.4) is 0 Å². The largest absolute Gasteiger partial charge is 0.481 e. The molecule has 0 saturated heterocycles. The van der Waals surface area contributed by atoms with E-state index in [1.807, 2.05) is 44.2 Å². The summed E-state index contributed by atoms with van der Waals surface area (Å²) in [4.78, 5) is 16.8. The van der Waals surface area contributed by atoms with Crippen LogP contribution in [-0.2, 0) is 11.2 Å². The molecule has 1 aromatic heterocycles. The summed E-state index contributed by atoms with van der Waals surface area (Å²) in [6.07, 6.45) is 0.489. The first kappa shape index (κ1) is 12.8. The molecule has 2 aromatic rings. The van der Waals surface area contributed by atoms with Gasteiger partial charge in [0, 0.05) is 4.88 Å². The first-order valence-corrected chi connectivity index (χ1v) is 6.60. The lowest BCUT2D eigenvalue weighted by molar-refractivity contribution is -0.138. The van der Waals surface area contributed by atoms with Crippen molar-refractivity contribution in [3.05, 3.63) is 51.5 Å². The van der Waals surface area contributed by atoms with Gasteiger partial charge in [0.05, 0.1) is 5.69 Å². The number of aromatic nitrogens is 1. The Balaban J connectivity index is 2.27. The number of nitrogens with zero attached hydrogens (tertiary/aromatic N) is 1. The Kier molecular flexibility index (Phi) is 3.77. The molecule has 1 heterocycles. The van der Waals surface area contributed by atoms with Crippen LogP contribution < -0.4 is 0 Å². The molecule has 1 N–H and O–H groups in total. The molecule has 2 rings (SSSR count). The second-order valence-electron chi connectivity index (χ2n) is 4.27. The Morgan fingerprint density at radius 3 is 2.50 bits per heavy atom. The zero-order valence-corrected chi connectivity index (χ0v) is 11.2. The van der Waals surface area contributed by atoms with Gasteiger partial charge in [0.25, 0.3) is 0 Å². The molecule has 0 aliphatic carbocycles. The number of carboxylic acids is 1. The van der Waals surface area contributed by atoms with Crippen LogP contribution in [0, 0.1) is 13.8 Å². The molecular formula is C14H15NO2S. The van der Waals surface area contributed by atoms with E-state index < -0.39 is 11.9 Å². The Morgan fingerprint density at radius 1 is 1.33 bits per heavy atom. The van der Waals surface area contributed by atoms with Crippen LogP contribution >= 0.6 is 11.3 Å². The van der Waals surface area contributed by atoms with E-state index in [4.69, 9.17) is 0 Å². The number of carboxylic acid groups (broad SMARTS) is 1. The molecule has 4 heteroatoms.